The number of morpholine rings is 3. The molecule has 3 aliphatic rings. The van der Waals surface area contributed by atoms with Crippen molar-refractivity contribution in [2.24, 2.45) is 0 Å². The molecular weight excluding hydrogens is 987 g/mol. The molecule has 1 amide bonds. The van der Waals surface area contributed by atoms with Gasteiger partial charge >= 0.3 is 6.18 Å². The number of nitrogens with one attached hydrogen (secondary N) is 2. The average molecular weight is 1030 g/mol. The first-order valence-corrected chi connectivity index (χ1v) is 22.2. The number of anilines is 3. The number of amides is 1. The summed E-state index contributed by atoms with van der Waals surface area (Å²) in [5.41, 5.74) is 1.52. The highest BCUT2D eigenvalue weighted by Gasteiger charge is 2.31. The summed E-state index contributed by atoms with van der Waals surface area (Å²) in [4.78, 5) is 30.6. The normalized spacial score (nSPS) is 15.7. The van der Waals surface area contributed by atoms with Crippen LogP contribution in [0.1, 0.15) is 21.5 Å². The van der Waals surface area contributed by atoms with Crippen molar-refractivity contribution in [3.05, 3.63) is 89.2 Å². The lowest BCUT2D eigenvalue weighted by molar-refractivity contribution is -0.137. The molecule has 0 saturated carbocycles. The molecule has 0 spiro atoms. The minimum atomic E-state index is -4.50. The molecular formula is C36H39Br3F3N7O4S3. The van der Waals surface area contributed by atoms with E-state index in [1.807, 2.05) is 25.3 Å². The topological polar surface area (TPSA) is 114 Å². The summed E-state index contributed by atoms with van der Waals surface area (Å²) in [6, 6.07) is 9.79. The highest BCUT2D eigenvalue weighted by Crippen LogP contribution is 2.35. The Bertz CT molecular complexity index is 1940. The molecule has 8 rings (SSSR count). The lowest BCUT2D eigenvalue weighted by atomic mass is 10.1. The summed E-state index contributed by atoms with van der Waals surface area (Å²) < 4.78 is 57.5. The molecule has 5 aromatic rings. The number of benzene rings is 2. The molecule has 0 bridgehead atoms. The van der Waals surface area contributed by atoms with Crippen LogP contribution in [-0.4, -0.2) is 99.8 Å². The summed E-state index contributed by atoms with van der Waals surface area (Å²) in [6.45, 7) is 12.3. The van der Waals surface area contributed by atoms with Crippen molar-refractivity contribution in [2.45, 2.75) is 13.1 Å². The molecule has 20 heteroatoms. The van der Waals surface area contributed by atoms with Gasteiger partial charge in [0.15, 0.2) is 14.2 Å². The van der Waals surface area contributed by atoms with Crippen LogP contribution in [0.4, 0.5) is 29.1 Å². The molecule has 2 aromatic carbocycles. The van der Waals surface area contributed by atoms with Gasteiger partial charge in [0.25, 0.3) is 5.91 Å². The van der Waals surface area contributed by atoms with Crippen LogP contribution in [0.3, 0.4) is 0 Å². The first kappa shape index (κ1) is 44.6. The third-order valence-electron chi connectivity index (χ3n) is 8.03. The summed E-state index contributed by atoms with van der Waals surface area (Å²) in [7, 11) is 0. The maximum Gasteiger partial charge on any atom is 0.416 e. The monoisotopic (exact) mass is 1020 g/mol. The second kappa shape index (κ2) is 22.6. The van der Waals surface area contributed by atoms with E-state index in [0.717, 1.165) is 116 Å². The van der Waals surface area contributed by atoms with Crippen molar-refractivity contribution >= 4 is 104 Å². The average Bonchev–Trinajstić information content (AvgIpc) is 3.99. The molecule has 11 nitrogen and oxygen atoms in total. The van der Waals surface area contributed by atoms with E-state index < -0.39 is 17.6 Å². The molecule has 3 aliphatic heterocycles. The van der Waals surface area contributed by atoms with Gasteiger partial charge < -0.3 is 34.6 Å². The summed E-state index contributed by atoms with van der Waals surface area (Å²) >= 11 is 14.7. The SMILES string of the molecule is Brc1cnc(Br)s1.Brc1cnc(N2CCOCC2)s1.C1COCCN1.Cc1ccc(NC(=O)c2cccc(C(F)(F)F)c2)cc1-c1cnc(N2CCOCC2)s1. The number of carbonyl (C=O) groups excluding carboxylic acids is 1. The van der Waals surface area contributed by atoms with E-state index in [1.54, 1.807) is 52.5 Å². The van der Waals surface area contributed by atoms with Crippen LogP contribution in [0.15, 0.2) is 72.5 Å². The Morgan fingerprint density at radius 3 is 1.86 bits per heavy atom. The van der Waals surface area contributed by atoms with Gasteiger partial charge in [-0.2, -0.15) is 13.2 Å². The van der Waals surface area contributed by atoms with Gasteiger partial charge in [0.05, 0.1) is 70.0 Å². The Labute approximate surface area is 360 Å². The summed E-state index contributed by atoms with van der Waals surface area (Å²) in [5, 5.41) is 7.86. The fourth-order valence-electron chi connectivity index (χ4n) is 5.19. The molecule has 56 heavy (non-hydrogen) atoms. The molecule has 3 saturated heterocycles. The number of thiazole rings is 3. The number of carbonyl (C=O) groups is 1. The van der Waals surface area contributed by atoms with Crippen LogP contribution in [-0.2, 0) is 20.4 Å². The second-order valence-electron chi connectivity index (χ2n) is 12.0. The smallest absolute Gasteiger partial charge is 0.379 e. The van der Waals surface area contributed by atoms with Crippen LogP contribution < -0.4 is 20.4 Å². The molecule has 6 heterocycles. The van der Waals surface area contributed by atoms with Crippen molar-refractivity contribution in [1.82, 2.24) is 20.3 Å². The maximum absolute atomic E-state index is 12.9. The zero-order chi connectivity index (χ0) is 39.9. The van der Waals surface area contributed by atoms with Gasteiger partial charge in [-0.15, -0.1) is 11.3 Å². The molecule has 3 fully saturated rings. The number of rotatable bonds is 5. The molecule has 2 N–H and O–H groups in total. The second-order valence-corrected chi connectivity index (χ2v) is 19.1. The number of nitrogens with zero attached hydrogens (tertiary/aromatic N) is 5. The molecule has 0 aliphatic carbocycles. The minimum absolute atomic E-state index is 0.0515. The van der Waals surface area contributed by atoms with E-state index in [1.165, 1.54) is 12.1 Å². The number of alkyl halides is 3. The highest BCUT2D eigenvalue weighted by atomic mass is 79.9. The number of aromatic nitrogens is 3. The number of ether oxygens (including phenoxy) is 3. The third-order valence-corrected chi connectivity index (χ3v) is 12.6. The van der Waals surface area contributed by atoms with Crippen LogP contribution in [0, 0.1) is 6.92 Å². The summed E-state index contributed by atoms with van der Waals surface area (Å²) in [6.07, 6.45) is 0.901. The van der Waals surface area contributed by atoms with E-state index >= 15 is 0 Å². The number of hydrogen-bond donors (Lipinski definition) is 2. The van der Waals surface area contributed by atoms with Gasteiger partial charge in [0.2, 0.25) is 0 Å². The number of hydrogen-bond acceptors (Lipinski definition) is 13. The fraction of sp³-hybridized carbons (Fsp3) is 0.389. The largest absolute Gasteiger partial charge is 0.416 e. The van der Waals surface area contributed by atoms with Gasteiger partial charge in [-0.3, -0.25) is 4.79 Å². The number of aryl methyl sites for hydroxylation is 1. The third kappa shape index (κ3) is 14.4. The predicted molar refractivity (Wildman–Crippen MR) is 229 cm³/mol. The van der Waals surface area contributed by atoms with E-state index in [-0.39, 0.29) is 5.56 Å². The Hall–Kier alpha value is -2.53. The fourth-order valence-corrected chi connectivity index (χ4v) is 9.69. The maximum atomic E-state index is 12.9. The first-order valence-electron chi connectivity index (χ1n) is 17.3. The van der Waals surface area contributed by atoms with Gasteiger partial charge in [-0.05, 0) is 96.2 Å². The predicted octanol–water partition coefficient (Wildman–Crippen LogP) is 9.24. The van der Waals surface area contributed by atoms with Gasteiger partial charge in [0.1, 0.15) is 0 Å². The van der Waals surface area contributed by atoms with Crippen molar-refractivity contribution < 1.29 is 32.2 Å². The van der Waals surface area contributed by atoms with Crippen molar-refractivity contribution in [3.8, 4) is 10.4 Å². The van der Waals surface area contributed by atoms with Crippen molar-refractivity contribution in [3.63, 3.8) is 0 Å². The van der Waals surface area contributed by atoms with Crippen LogP contribution in [0.25, 0.3) is 10.4 Å². The lowest BCUT2D eigenvalue weighted by Crippen LogP contribution is -2.36. The standard InChI is InChI=1S/C22H20F3N3O2S.C7H9BrN2OS.C4H9NO.C3HBr2NS/c1-14-5-6-17(27-20(29)15-3-2-4-16(11-15)22(23,24)25)12-18(14)19-13-26-21(31-19)28-7-9-30-10-8-28;8-6-5-9-7(12-6)10-1-3-11-4-2-10;1-3-6-4-2-5-1;4-2-1-6-3(5)7-2/h2-6,11-13H,7-10H2,1H3,(H,27,29);5H,1-4H2;5H,1-4H2;1H. The first-order chi connectivity index (χ1) is 27.0. The molecule has 0 unspecified atom stereocenters. The Morgan fingerprint density at radius 1 is 0.768 bits per heavy atom. The highest BCUT2D eigenvalue weighted by molar-refractivity contribution is 9.12. The van der Waals surface area contributed by atoms with E-state index in [2.05, 4.69) is 83.2 Å². The summed E-state index contributed by atoms with van der Waals surface area (Å²) in [5.74, 6) is -0.598. The van der Waals surface area contributed by atoms with Crippen molar-refractivity contribution in [1.29, 1.82) is 0 Å². The Balaban J connectivity index is 0.000000192. The molecule has 302 valence electrons. The van der Waals surface area contributed by atoms with Crippen molar-refractivity contribution in [2.75, 3.05) is 94.0 Å². The molecule has 0 atom stereocenters. The minimum Gasteiger partial charge on any atom is -0.379 e. The van der Waals surface area contributed by atoms with Crippen LogP contribution >= 0.6 is 81.8 Å². The zero-order valence-electron chi connectivity index (χ0n) is 30.1. The van der Waals surface area contributed by atoms with Crippen LogP contribution in [0.5, 0.6) is 0 Å². The lowest BCUT2D eigenvalue weighted by Gasteiger charge is -2.26. The van der Waals surface area contributed by atoms with Gasteiger partial charge in [0, 0.05) is 56.7 Å². The number of halogens is 6. The Kier molecular flexibility index (Phi) is 18.0. The molecule has 0 radical (unpaired) electrons. The van der Waals surface area contributed by atoms with Crippen LogP contribution in [0.2, 0.25) is 0 Å². The van der Waals surface area contributed by atoms with Gasteiger partial charge in [-0.1, -0.05) is 34.8 Å². The quantitative estimate of drug-likeness (QED) is 0.177. The van der Waals surface area contributed by atoms with E-state index in [9.17, 15) is 18.0 Å². The van der Waals surface area contributed by atoms with E-state index in [0.29, 0.717) is 18.9 Å². The van der Waals surface area contributed by atoms with E-state index in [4.69, 9.17) is 14.2 Å². The van der Waals surface area contributed by atoms with Gasteiger partial charge in [-0.25, -0.2) is 15.0 Å². The molecule has 3 aromatic heterocycles. The Morgan fingerprint density at radius 2 is 1.36 bits per heavy atom. The zero-order valence-corrected chi connectivity index (χ0v) is 37.3.